The van der Waals surface area contributed by atoms with Gasteiger partial charge in [0.25, 0.3) is 11.6 Å². The van der Waals surface area contributed by atoms with Crippen molar-refractivity contribution in [3.63, 3.8) is 0 Å². The molecular formula is C12H14ClFN2O3. The zero-order chi connectivity index (χ0) is 14.6. The van der Waals surface area contributed by atoms with Gasteiger partial charge < -0.3 is 5.32 Å². The number of nitrogens with one attached hydrogen (secondary N) is 1. The third-order valence-electron chi connectivity index (χ3n) is 2.57. The highest BCUT2D eigenvalue weighted by Crippen LogP contribution is 2.21. The Hall–Kier alpha value is -1.69. The zero-order valence-corrected chi connectivity index (χ0v) is 11.3. The van der Waals surface area contributed by atoms with Crippen LogP contribution in [0.1, 0.15) is 30.6 Å². The van der Waals surface area contributed by atoms with Gasteiger partial charge in [-0.15, -0.1) is 11.6 Å². The lowest BCUT2D eigenvalue weighted by atomic mass is 10.0. The molecule has 0 aromatic heterocycles. The van der Waals surface area contributed by atoms with Crippen molar-refractivity contribution >= 4 is 23.2 Å². The quantitative estimate of drug-likeness (QED) is 0.514. The molecule has 0 unspecified atom stereocenters. The number of amides is 1. The number of carbonyl (C=O) groups excluding carboxylic acids is 1. The van der Waals surface area contributed by atoms with Crippen LogP contribution in [0.3, 0.4) is 0 Å². The molecule has 7 heteroatoms. The van der Waals surface area contributed by atoms with Gasteiger partial charge in [-0.3, -0.25) is 14.9 Å². The molecule has 19 heavy (non-hydrogen) atoms. The average molecular weight is 289 g/mol. The smallest absolute Gasteiger partial charge is 0.282 e. The minimum absolute atomic E-state index is 0.298. The number of alkyl halides is 1. The van der Waals surface area contributed by atoms with E-state index >= 15 is 0 Å². The molecule has 0 aliphatic rings. The first-order chi connectivity index (χ1) is 8.76. The number of hydrogen-bond acceptors (Lipinski definition) is 3. The van der Waals surface area contributed by atoms with E-state index in [2.05, 4.69) is 5.32 Å². The van der Waals surface area contributed by atoms with Gasteiger partial charge in [0, 0.05) is 17.5 Å². The van der Waals surface area contributed by atoms with E-state index in [1.165, 1.54) is 0 Å². The number of hydrogen-bond donors (Lipinski definition) is 1. The molecule has 0 fully saturated rings. The van der Waals surface area contributed by atoms with E-state index in [0.29, 0.717) is 12.3 Å². The van der Waals surface area contributed by atoms with E-state index in [9.17, 15) is 19.3 Å². The Morgan fingerprint density at radius 3 is 2.68 bits per heavy atom. The molecule has 0 saturated carbocycles. The Bertz CT molecular complexity index is 506. The van der Waals surface area contributed by atoms with Crippen LogP contribution in [0.2, 0.25) is 0 Å². The number of nitrogens with zero attached hydrogens (tertiary/aromatic N) is 1. The molecule has 0 aliphatic carbocycles. The summed E-state index contributed by atoms with van der Waals surface area (Å²) >= 11 is 5.60. The highest BCUT2D eigenvalue weighted by molar-refractivity contribution is 6.17. The van der Waals surface area contributed by atoms with Crippen molar-refractivity contribution in [1.29, 1.82) is 0 Å². The van der Waals surface area contributed by atoms with Crippen LogP contribution in [0, 0.1) is 15.9 Å². The molecule has 0 radical (unpaired) electrons. The van der Waals surface area contributed by atoms with Crippen molar-refractivity contribution < 1.29 is 14.1 Å². The van der Waals surface area contributed by atoms with Crippen LogP contribution in [0.25, 0.3) is 0 Å². The molecule has 0 atom stereocenters. The summed E-state index contributed by atoms with van der Waals surface area (Å²) < 4.78 is 13.1. The van der Waals surface area contributed by atoms with Crippen molar-refractivity contribution in [2.75, 3.05) is 5.88 Å². The summed E-state index contributed by atoms with van der Waals surface area (Å²) in [4.78, 5) is 22.1. The number of carbonyl (C=O) groups is 1. The van der Waals surface area contributed by atoms with Gasteiger partial charge in [0.15, 0.2) is 0 Å². The molecule has 0 spiro atoms. The first-order valence-electron chi connectivity index (χ1n) is 5.59. The van der Waals surface area contributed by atoms with E-state index in [-0.39, 0.29) is 5.56 Å². The second kappa shape index (κ2) is 5.97. The van der Waals surface area contributed by atoms with Crippen LogP contribution in [-0.4, -0.2) is 22.2 Å². The van der Waals surface area contributed by atoms with Gasteiger partial charge in [0.1, 0.15) is 11.4 Å². The Kier molecular flexibility index (Phi) is 4.83. The summed E-state index contributed by atoms with van der Waals surface area (Å²) in [6, 6.07) is 2.77. The largest absolute Gasteiger partial charge is 0.347 e. The Morgan fingerprint density at radius 2 is 2.16 bits per heavy atom. The average Bonchev–Trinajstić information content (AvgIpc) is 2.27. The number of nitro benzene ring substituents is 1. The molecule has 104 valence electrons. The minimum atomic E-state index is -0.719. The fourth-order valence-electron chi connectivity index (χ4n) is 1.52. The third kappa shape index (κ3) is 4.17. The summed E-state index contributed by atoms with van der Waals surface area (Å²) in [7, 11) is 0. The van der Waals surface area contributed by atoms with Gasteiger partial charge in [0.05, 0.1) is 4.92 Å². The van der Waals surface area contributed by atoms with E-state index in [1.54, 1.807) is 13.8 Å². The number of halogens is 2. The lowest BCUT2D eigenvalue weighted by molar-refractivity contribution is -0.385. The van der Waals surface area contributed by atoms with E-state index in [0.717, 1.165) is 18.2 Å². The van der Waals surface area contributed by atoms with Crippen molar-refractivity contribution in [3.05, 3.63) is 39.7 Å². The Morgan fingerprint density at radius 1 is 1.53 bits per heavy atom. The van der Waals surface area contributed by atoms with Crippen LogP contribution < -0.4 is 5.32 Å². The van der Waals surface area contributed by atoms with E-state index < -0.39 is 27.9 Å². The van der Waals surface area contributed by atoms with Crippen LogP contribution in [0.15, 0.2) is 18.2 Å². The highest BCUT2D eigenvalue weighted by Gasteiger charge is 2.26. The van der Waals surface area contributed by atoms with Gasteiger partial charge in [-0.25, -0.2) is 4.39 Å². The maximum Gasteiger partial charge on any atom is 0.282 e. The van der Waals surface area contributed by atoms with Crippen LogP contribution in [-0.2, 0) is 0 Å². The normalized spacial score (nSPS) is 11.2. The fourth-order valence-corrected chi connectivity index (χ4v) is 2.00. The predicted octanol–water partition coefficient (Wildman–Crippen LogP) is 2.87. The summed E-state index contributed by atoms with van der Waals surface area (Å²) in [5.74, 6) is -1.06. The second-order valence-corrected chi connectivity index (χ2v) is 5.07. The molecule has 0 saturated heterocycles. The van der Waals surface area contributed by atoms with Gasteiger partial charge in [-0.05, 0) is 32.4 Å². The maximum atomic E-state index is 13.1. The Balaban J connectivity index is 3.05. The summed E-state index contributed by atoms with van der Waals surface area (Å²) in [5, 5.41) is 13.4. The fraction of sp³-hybridized carbons (Fsp3) is 0.417. The van der Waals surface area contributed by atoms with Gasteiger partial charge in [-0.2, -0.15) is 0 Å². The summed E-state index contributed by atoms with van der Waals surface area (Å²) in [5.41, 5.74) is -1.35. The van der Waals surface area contributed by atoms with Crippen LogP contribution in [0.4, 0.5) is 10.1 Å². The monoisotopic (exact) mass is 288 g/mol. The standard InChI is InChI=1S/C12H14ClFN2O3/c1-12(2,5-6-13)15-11(17)9-7-8(14)3-4-10(9)16(18)19/h3-4,7H,5-6H2,1-2H3,(H,15,17). The van der Waals surface area contributed by atoms with Crippen molar-refractivity contribution in [2.45, 2.75) is 25.8 Å². The third-order valence-corrected chi connectivity index (χ3v) is 2.76. The first kappa shape index (κ1) is 15.4. The van der Waals surface area contributed by atoms with Crippen LogP contribution in [0.5, 0.6) is 0 Å². The van der Waals surface area contributed by atoms with Crippen molar-refractivity contribution in [1.82, 2.24) is 5.32 Å². The molecule has 0 aliphatic heterocycles. The maximum absolute atomic E-state index is 13.1. The van der Waals surface area contributed by atoms with Crippen molar-refractivity contribution in [3.8, 4) is 0 Å². The predicted molar refractivity (Wildman–Crippen MR) is 69.9 cm³/mol. The SMILES string of the molecule is CC(C)(CCCl)NC(=O)c1cc(F)ccc1[N+](=O)[O-]. The molecule has 1 aromatic carbocycles. The van der Waals surface area contributed by atoms with Gasteiger partial charge in [-0.1, -0.05) is 0 Å². The minimum Gasteiger partial charge on any atom is -0.347 e. The number of rotatable bonds is 5. The van der Waals surface area contributed by atoms with Crippen molar-refractivity contribution in [2.24, 2.45) is 0 Å². The molecule has 0 heterocycles. The molecule has 1 rings (SSSR count). The Labute approximate surface area is 114 Å². The van der Waals surface area contributed by atoms with Gasteiger partial charge in [0.2, 0.25) is 0 Å². The summed E-state index contributed by atoms with van der Waals surface area (Å²) in [6.45, 7) is 3.47. The van der Waals surface area contributed by atoms with Crippen LogP contribution >= 0.6 is 11.6 Å². The molecule has 1 N–H and O–H groups in total. The topological polar surface area (TPSA) is 72.2 Å². The number of benzene rings is 1. The molecule has 1 amide bonds. The van der Waals surface area contributed by atoms with E-state index in [1.807, 2.05) is 0 Å². The molecular weight excluding hydrogens is 275 g/mol. The number of nitro groups is 1. The zero-order valence-electron chi connectivity index (χ0n) is 10.6. The highest BCUT2D eigenvalue weighted by atomic mass is 35.5. The summed E-state index contributed by atoms with van der Waals surface area (Å²) in [6.07, 6.45) is 0.489. The molecule has 5 nitrogen and oxygen atoms in total. The van der Waals surface area contributed by atoms with Gasteiger partial charge >= 0.3 is 0 Å². The second-order valence-electron chi connectivity index (χ2n) is 4.70. The molecule has 0 bridgehead atoms. The lowest BCUT2D eigenvalue weighted by Gasteiger charge is -2.25. The lowest BCUT2D eigenvalue weighted by Crippen LogP contribution is -2.43. The molecule has 1 aromatic rings. The van der Waals surface area contributed by atoms with E-state index in [4.69, 9.17) is 11.6 Å². The first-order valence-corrected chi connectivity index (χ1v) is 6.13.